The predicted octanol–water partition coefficient (Wildman–Crippen LogP) is 2.84. The maximum absolute atomic E-state index is 13.1. The van der Waals surface area contributed by atoms with E-state index >= 15 is 0 Å². The summed E-state index contributed by atoms with van der Waals surface area (Å²) < 4.78 is 1.91. The fourth-order valence-electron chi connectivity index (χ4n) is 4.48. The molecular formula is C23H29N6OP. The molecule has 2 unspecified atom stereocenters. The third-order valence-electron chi connectivity index (χ3n) is 6.19. The van der Waals surface area contributed by atoms with Crippen molar-refractivity contribution in [2.75, 3.05) is 33.2 Å². The van der Waals surface area contributed by atoms with Gasteiger partial charge in [-0.15, -0.1) is 0 Å². The summed E-state index contributed by atoms with van der Waals surface area (Å²) in [7, 11) is 2.64. The van der Waals surface area contributed by atoms with Crippen molar-refractivity contribution in [2.24, 2.45) is 0 Å². The minimum atomic E-state index is 0.0367. The van der Waals surface area contributed by atoms with E-state index in [1.807, 2.05) is 28.7 Å². The van der Waals surface area contributed by atoms with Crippen molar-refractivity contribution in [3.63, 3.8) is 0 Å². The topological polar surface area (TPSA) is 57.0 Å². The van der Waals surface area contributed by atoms with Crippen LogP contribution in [-0.2, 0) is 11.2 Å². The summed E-state index contributed by atoms with van der Waals surface area (Å²) in [6.45, 7) is 8.30. The van der Waals surface area contributed by atoms with E-state index < -0.39 is 0 Å². The largest absolute Gasteiger partial charge is 0.369 e. The lowest BCUT2D eigenvalue weighted by Gasteiger charge is -2.36. The Morgan fingerprint density at radius 2 is 2.10 bits per heavy atom. The van der Waals surface area contributed by atoms with Gasteiger partial charge in [-0.25, -0.2) is 4.52 Å². The summed E-state index contributed by atoms with van der Waals surface area (Å²) in [6, 6.07) is 2.08. The molecule has 0 saturated carbocycles. The second kappa shape index (κ2) is 8.21. The molecule has 162 valence electrons. The number of aryl methyl sites for hydroxylation is 2. The number of likely N-dealkylation sites (N-methyl/N-ethyl adjacent to an activating group) is 1. The minimum absolute atomic E-state index is 0.0367. The lowest BCUT2D eigenvalue weighted by molar-refractivity contribution is -0.123. The SMILES string of the molecule is CCc1nc(C)cn2nc(C3=CC(=O)N4C=C(N5CCCN(C)CC5)C=CC4P3)cc12. The molecule has 5 heterocycles. The molecule has 3 aliphatic heterocycles. The summed E-state index contributed by atoms with van der Waals surface area (Å²) in [4.78, 5) is 24.4. The van der Waals surface area contributed by atoms with Crippen molar-refractivity contribution in [1.82, 2.24) is 29.3 Å². The van der Waals surface area contributed by atoms with E-state index in [-0.39, 0.29) is 11.7 Å². The number of nitrogens with zero attached hydrogens (tertiary/aromatic N) is 6. The van der Waals surface area contributed by atoms with Crippen LogP contribution in [0.5, 0.6) is 0 Å². The van der Waals surface area contributed by atoms with E-state index in [1.165, 1.54) is 0 Å². The predicted molar refractivity (Wildman–Crippen MR) is 125 cm³/mol. The molecule has 2 atom stereocenters. The zero-order valence-corrected chi connectivity index (χ0v) is 19.4. The second-order valence-electron chi connectivity index (χ2n) is 8.49. The number of fused-ring (bicyclic) bond motifs is 2. The molecule has 0 aliphatic carbocycles. The van der Waals surface area contributed by atoms with Crippen LogP contribution in [0.4, 0.5) is 0 Å². The quantitative estimate of drug-likeness (QED) is 0.693. The highest BCUT2D eigenvalue weighted by molar-refractivity contribution is 7.51. The van der Waals surface area contributed by atoms with E-state index in [4.69, 9.17) is 5.10 Å². The minimum Gasteiger partial charge on any atom is -0.369 e. The van der Waals surface area contributed by atoms with Crippen LogP contribution in [0, 0.1) is 6.92 Å². The van der Waals surface area contributed by atoms with Gasteiger partial charge in [0.15, 0.2) is 0 Å². The molecule has 1 saturated heterocycles. The van der Waals surface area contributed by atoms with Gasteiger partial charge in [0.1, 0.15) is 0 Å². The van der Waals surface area contributed by atoms with Crippen LogP contribution in [0.2, 0.25) is 0 Å². The Morgan fingerprint density at radius 1 is 1.23 bits per heavy atom. The number of carbonyl (C=O) groups is 1. The highest BCUT2D eigenvalue weighted by Gasteiger charge is 2.30. The van der Waals surface area contributed by atoms with E-state index in [0.717, 1.165) is 72.6 Å². The molecule has 0 bridgehead atoms. The monoisotopic (exact) mass is 436 g/mol. The van der Waals surface area contributed by atoms with Gasteiger partial charge in [0.25, 0.3) is 5.91 Å². The molecule has 2 aromatic heterocycles. The first-order valence-electron chi connectivity index (χ1n) is 11.0. The Balaban J connectivity index is 1.41. The van der Waals surface area contributed by atoms with Gasteiger partial charge in [-0.05, 0) is 45.5 Å². The number of aromatic nitrogens is 3. The first-order chi connectivity index (χ1) is 15.0. The van der Waals surface area contributed by atoms with Crippen LogP contribution < -0.4 is 0 Å². The van der Waals surface area contributed by atoms with Crippen molar-refractivity contribution >= 4 is 25.3 Å². The van der Waals surface area contributed by atoms with Crippen LogP contribution in [-0.4, -0.2) is 74.2 Å². The number of hydrogen-bond acceptors (Lipinski definition) is 5. The molecular weight excluding hydrogens is 407 g/mol. The van der Waals surface area contributed by atoms with Crippen molar-refractivity contribution < 1.29 is 4.79 Å². The van der Waals surface area contributed by atoms with Crippen molar-refractivity contribution in [3.05, 3.63) is 59.5 Å². The van der Waals surface area contributed by atoms with Gasteiger partial charge in [-0.2, -0.15) is 5.10 Å². The van der Waals surface area contributed by atoms with Gasteiger partial charge < -0.3 is 14.7 Å². The fraction of sp³-hybridized carbons (Fsp3) is 0.435. The van der Waals surface area contributed by atoms with E-state index in [0.29, 0.717) is 8.58 Å². The fourth-order valence-corrected chi connectivity index (χ4v) is 5.81. The van der Waals surface area contributed by atoms with Gasteiger partial charge in [0, 0.05) is 37.2 Å². The molecule has 8 heteroatoms. The maximum atomic E-state index is 13.1. The number of amides is 1. The van der Waals surface area contributed by atoms with Crippen LogP contribution >= 0.6 is 8.58 Å². The van der Waals surface area contributed by atoms with E-state index in [1.54, 1.807) is 6.08 Å². The van der Waals surface area contributed by atoms with Gasteiger partial charge >= 0.3 is 0 Å². The van der Waals surface area contributed by atoms with E-state index in [2.05, 4.69) is 47.0 Å². The smallest absolute Gasteiger partial charge is 0.252 e. The molecule has 0 aromatic carbocycles. The molecule has 0 radical (unpaired) electrons. The van der Waals surface area contributed by atoms with Crippen molar-refractivity contribution in [3.8, 4) is 0 Å². The van der Waals surface area contributed by atoms with Gasteiger partial charge in [-0.3, -0.25) is 9.78 Å². The van der Waals surface area contributed by atoms with Crippen LogP contribution in [0.3, 0.4) is 0 Å². The zero-order chi connectivity index (χ0) is 21.5. The normalized spacial score (nSPS) is 23.2. The molecule has 7 nitrogen and oxygen atoms in total. The summed E-state index contributed by atoms with van der Waals surface area (Å²) in [6.07, 6.45) is 12.2. The summed E-state index contributed by atoms with van der Waals surface area (Å²) in [5.41, 5.74) is 5.04. The summed E-state index contributed by atoms with van der Waals surface area (Å²) in [5, 5.41) is 5.80. The van der Waals surface area contributed by atoms with E-state index in [9.17, 15) is 4.79 Å². The highest BCUT2D eigenvalue weighted by atomic mass is 31.1. The Hall–Kier alpha value is -2.50. The molecule has 0 N–H and O–H groups in total. The Kier molecular flexibility index (Phi) is 5.40. The molecule has 3 aliphatic rings. The van der Waals surface area contributed by atoms with Crippen LogP contribution in [0.15, 0.2) is 42.4 Å². The number of allylic oxidation sites excluding steroid dienone is 1. The zero-order valence-electron chi connectivity index (χ0n) is 18.4. The first-order valence-corrected chi connectivity index (χ1v) is 12.1. The number of carbonyl (C=O) groups excluding carboxylic acids is 1. The molecule has 0 spiro atoms. The van der Waals surface area contributed by atoms with Crippen molar-refractivity contribution in [1.29, 1.82) is 0 Å². The van der Waals surface area contributed by atoms with Gasteiger partial charge in [-0.1, -0.05) is 21.6 Å². The summed E-state index contributed by atoms with van der Waals surface area (Å²) >= 11 is 0. The van der Waals surface area contributed by atoms with Crippen molar-refractivity contribution in [2.45, 2.75) is 32.5 Å². The summed E-state index contributed by atoms with van der Waals surface area (Å²) in [5.74, 6) is 0.107. The highest BCUT2D eigenvalue weighted by Crippen LogP contribution is 2.44. The third-order valence-corrected chi connectivity index (χ3v) is 7.67. The number of hydrogen-bond donors (Lipinski definition) is 0. The Bertz CT molecular complexity index is 1120. The molecule has 1 amide bonds. The lowest BCUT2D eigenvalue weighted by atomic mass is 10.2. The average molecular weight is 437 g/mol. The molecule has 5 rings (SSSR count). The molecule has 1 fully saturated rings. The number of rotatable bonds is 3. The Labute approximate surface area is 184 Å². The van der Waals surface area contributed by atoms with Gasteiger partial charge in [0.2, 0.25) is 0 Å². The maximum Gasteiger partial charge on any atom is 0.252 e. The molecule has 2 aromatic rings. The molecule has 31 heavy (non-hydrogen) atoms. The Morgan fingerprint density at radius 3 is 2.94 bits per heavy atom. The lowest BCUT2D eigenvalue weighted by Crippen LogP contribution is -2.38. The second-order valence-corrected chi connectivity index (χ2v) is 9.91. The van der Waals surface area contributed by atoms with Gasteiger partial charge in [0.05, 0.1) is 40.3 Å². The van der Waals surface area contributed by atoms with Crippen LogP contribution in [0.1, 0.15) is 30.4 Å². The standard InChI is InChI=1S/C23H29N6OP/c1-4-18-20-12-19(25-29(20)14-16(2)24-18)21-13-22(30)28-15-17(6-7-23(28)31-21)27-9-5-8-26(3)10-11-27/h6-7,12-15,23,31H,4-5,8-11H2,1-3H3. The third kappa shape index (κ3) is 3.92. The first kappa shape index (κ1) is 20.4. The van der Waals surface area contributed by atoms with Crippen LogP contribution in [0.25, 0.3) is 10.8 Å². The average Bonchev–Trinajstić information content (AvgIpc) is 3.07.